The molecule has 0 fully saturated rings. The molecule has 2 rings (SSSR count). The van der Waals surface area contributed by atoms with Gasteiger partial charge in [-0.3, -0.25) is 0 Å². The lowest BCUT2D eigenvalue weighted by molar-refractivity contribution is 0.0522. The second-order valence-electron chi connectivity index (χ2n) is 4.66. The number of rotatable bonds is 6. The highest BCUT2D eigenvalue weighted by Crippen LogP contribution is 2.34. The number of ether oxygens (including phenoxy) is 3. The van der Waals surface area contributed by atoms with Crippen LogP contribution >= 0.6 is 11.6 Å². The minimum atomic E-state index is -0.651. The normalized spacial score (nSPS) is 10.2. The molecule has 0 saturated heterocycles. The van der Waals surface area contributed by atoms with Crippen molar-refractivity contribution in [3.8, 4) is 17.2 Å². The summed E-state index contributed by atoms with van der Waals surface area (Å²) in [6.07, 6.45) is 0. The predicted octanol–water partition coefficient (Wildman–Crippen LogP) is 3.81. The SMILES string of the molecule is CCOC(=O)c1cc(Cl)cc(OCc2ccc(OC)cc2)c1O. The molecule has 0 saturated carbocycles. The van der Waals surface area contributed by atoms with Crippen molar-refractivity contribution in [3.05, 3.63) is 52.5 Å². The fourth-order valence-electron chi connectivity index (χ4n) is 1.93. The van der Waals surface area contributed by atoms with Crippen molar-refractivity contribution < 1.29 is 24.1 Å². The van der Waals surface area contributed by atoms with Crippen LogP contribution < -0.4 is 9.47 Å². The van der Waals surface area contributed by atoms with Gasteiger partial charge < -0.3 is 19.3 Å². The largest absolute Gasteiger partial charge is 0.504 e. The van der Waals surface area contributed by atoms with E-state index in [0.29, 0.717) is 0 Å². The molecule has 0 bridgehead atoms. The summed E-state index contributed by atoms with van der Waals surface area (Å²) >= 11 is 5.97. The Kier molecular flexibility index (Phi) is 5.71. The van der Waals surface area contributed by atoms with Gasteiger partial charge in [0.05, 0.1) is 13.7 Å². The lowest BCUT2D eigenvalue weighted by atomic mass is 10.2. The molecule has 5 nitrogen and oxygen atoms in total. The number of hydrogen-bond acceptors (Lipinski definition) is 5. The van der Waals surface area contributed by atoms with Crippen molar-refractivity contribution in [2.24, 2.45) is 0 Å². The van der Waals surface area contributed by atoms with Gasteiger partial charge >= 0.3 is 5.97 Å². The number of carbonyl (C=O) groups is 1. The summed E-state index contributed by atoms with van der Waals surface area (Å²) in [6, 6.07) is 10.1. The lowest BCUT2D eigenvalue weighted by Gasteiger charge is -2.12. The Hall–Kier alpha value is -2.40. The Morgan fingerprint density at radius 2 is 1.91 bits per heavy atom. The molecule has 0 atom stereocenters. The van der Waals surface area contributed by atoms with E-state index in [1.54, 1.807) is 26.2 Å². The van der Waals surface area contributed by atoms with Gasteiger partial charge in [-0.1, -0.05) is 23.7 Å². The van der Waals surface area contributed by atoms with Crippen LogP contribution in [0.25, 0.3) is 0 Å². The molecule has 0 aliphatic heterocycles. The third kappa shape index (κ3) is 4.29. The molecule has 1 N–H and O–H groups in total. The van der Waals surface area contributed by atoms with Crippen LogP contribution in [0.1, 0.15) is 22.8 Å². The minimum absolute atomic E-state index is 0.0240. The molecule has 2 aromatic rings. The zero-order chi connectivity index (χ0) is 16.8. The van der Waals surface area contributed by atoms with Crippen LogP contribution in [0.3, 0.4) is 0 Å². The maximum absolute atomic E-state index is 11.8. The Labute approximate surface area is 139 Å². The fraction of sp³-hybridized carbons (Fsp3) is 0.235. The van der Waals surface area contributed by atoms with Crippen molar-refractivity contribution in [2.75, 3.05) is 13.7 Å². The lowest BCUT2D eigenvalue weighted by Crippen LogP contribution is -2.06. The van der Waals surface area contributed by atoms with Crippen molar-refractivity contribution in [1.29, 1.82) is 0 Å². The van der Waals surface area contributed by atoms with E-state index < -0.39 is 5.97 Å². The number of benzene rings is 2. The van der Waals surface area contributed by atoms with Crippen LogP contribution in [0.15, 0.2) is 36.4 Å². The molecule has 6 heteroatoms. The molecule has 0 heterocycles. The molecule has 0 aliphatic carbocycles. The van der Waals surface area contributed by atoms with Crippen molar-refractivity contribution in [1.82, 2.24) is 0 Å². The molecule has 0 aromatic heterocycles. The van der Waals surface area contributed by atoms with Crippen molar-refractivity contribution in [2.45, 2.75) is 13.5 Å². The second-order valence-corrected chi connectivity index (χ2v) is 5.09. The van der Waals surface area contributed by atoms with Crippen LogP contribution in [-0.2, 0) is 11.3 Å². The number of hydrogen-bond donors (Lipinski definition) is 1. The highest BCUT2D eigenvalue weighted by atomic mass is 35.5. The van der Waals surface area contributed by atoms with Crippen LogP contribution in [0.5, 0.6) is 17.2 Å². The van der Waals surface area contributed by atoms with E-state index in [-0.39, 0.29) is 35.3 Å². The zero-order valence-electron chi connectivity index (χ0n) is 12.8. The number of methoxy groups -OCH3 is 1. The highest BCUT2D eigenvalue weighted by molar-refractivity contribution is 6.31. The first-order valence-electron chi connectivity index (χ1n) is 7.00. The third-order valence-corrected chi connectivity index (χ3v) is 3.31. The van der Waals surface area contributed by atoms with Gasteiger partial charge in [0.15, 0.2) is 11.5 Å². The Morgan fingerprint density at radius 3 is 2.52 bits per heavy atom. The zero-order valence-corrected chi connectivity index (χ0v) is 13.6. The topological polar surface area (TPSA) is 65.0 Å². The van der Waals surface area contributed by atoms with Gasteiger partial charge in [-0.15, -0.1) is 0 Å². The summed E-state index contributed by atoms with van der Waals surface area (Å²) in [5.74, 6) is -0.0801. The smallest absolute Gasteiger partial charge is 0.342 e. The first-order chi connectivity index (χ1) is 11.0. The Bertz CT molecular complexity index is 682. The van der Waals surface area contributed by atoms with Gasteiger partial charge in [0.25, 0.3) is 0 Å². The summed E-state index contributed by atoms with van der Waals surface area (Å²) in [4.78, 5) is 11.8. The van der Waals surface area contributed by atoms with Crippen LogP contribution in [0, 0.1) is 0 Å². The highest BCUT2D eigenvalue weighted by Gasteiger charge is 2.18. The van der Waals surface area contributed by atoms with Crippen molar-refractivity contribution in [3.63, 3.8) is 0 Å². The van der Waals surface area contributed by atoms with E-state index in [4.69, 9.17) is 25.8 Å². The van der Waals surface area contributed by atoms with E-state index in [1.165, 1.54) is 12.1 Å². The minimum Gasteiger partial charge on any atom is -0.504 e. The average molecular weight is 337 g/mol. The van der Waals surface area contributed by atoms with E-state index in [2.05, 4.69) is 0 Å². The maximum Gasteiger partial charge on any atom is 0.342 e. The fourth-order valence-corrected chi connectivity index (χ4v) is 2.14. The molecule has 0 aliphatic rings. The standard InChI is InChI=1S/C17H17ClO5/c1-3-22-17(20)14-8-12(18)9-15(16(14)19)23-10-11-4-6-13(21-2)7-5-11/h4-9,19H,3,10H2,1-2H3. The molecule has 122 valence electrons. The van der Waals surface area contributed by atoms with Gasteiger partial charge in [0.2, 0.25) is 0 Å². The number of carbonyl (C=O) groups excluding carboxylic acids is 1. The van der Waals surface area contributed by atoms with E-state index >= 15 is 0 Å². The molecule has 0 spiro atoms. The summed E-state index contributed by atoms with van der Waals surface area (Å²) in [5.41, 5.74) is 0.854. The number of phenolic OH excluding ortho intramolecular Hbond substituents is 1. The van der Waals surface area contributed by atoms with Crippen molar-refractivity contribution >= 4 is 17.6 Å². The average Bonchev–Trinajstić information content (AvgIpc) is 2.56. The number of phenols is 1. The van der Waals surface area contributed by atoms with Gasteiger partial charge in [-0.05, 0) is 30.7 Å². The Balaban J connectivity index is 2.17. The van der Waals surface area contributed by atoms with Gasteiger partial charge in [-0.2, -0.15) is 0 Å². The van der Waals surface area contributed by atoms with E-state index in [1.807, 2.05) is 12.1 Å². The van der Waals surface area contributed by atoms with Gasteiger partial charge in [-0.25, -0.2) is 4.79 Å². The molecule has 0 unspecified atom stereocenters. The molecule has 23 heavy (non-hydrogen) atoms. The first kappa shape index (κ1) is 17.0. The van der Waals surface area contributed by atoms with Crippen LogP contribution in [0.4, 0.5) is 0 Å². The molecular formula is C17H17ClO5. The number of halogens is 1. The second kappa shape index (κ2) is 7.74. The summed E-state index contributed by atoms with van der Waals surface area (Å²) < 4.78 is 15.5. The number of esters is 1. The van der Waals surface area contributed by atoms with Gasteiger partial charge in [0.1, 0.15) is 17.9 Å². The summed E-state index contributed by atoms with van der Waals surface area (Å²) in [6.45, 7) is 2.09. The van der Waals surface area contributed by atoms with Crippen LogP contribution in [0.2, 0.25) is 5.02 Å². The summed E-state index contributed by atoms with van der Waals surface area (Å²) in [5, 5.41) is 10.4. The van der Waals surface area contributed by atoms with E-state index in [0.717, 1.165) is 11.3 Å². The van der Waals surface area contributed by atoms with Crippen LogP contribution in [-0.4, -0.2) is 24.8 Å². The molecule has 0 radical (unpaired) electrons. The molecule has 0 amide bonds. The third-order valence-electron chi connectivity index (χ3n) is 3.09. The quantitative estimate of drug-likeness (QED) is 0.813. The van der Waals surface area contributed by atoms with E-state index in [9.17, 15) is 9.90 Å². The Morgan fingerprint density at radius 1 is 1.22 bits per heavy atom. The molecular weight excluding hydrogens is 320 g/mol. The molecule has 2 aromatic carbocycles. The summed E-state index contributed by atoms with van der Waals surface area (Å²) in [7, 11) is 1.59. The first-order valence-corrected chi connectivity index (χ1v) is 7.38. The number of aromatic hydroxyl groups is 1. The monoisotopic (exact) mass is 336 g/mol. The predicted molar refractivity (Wildman–Crippen MR) is 86.4 cm³/mol. The maximum atomic E-state index is 11.8. The van der Waals surface area contributed by atoms with Gasteiger partial charge in [0, 0.05) is 11.1 Å².